The van der Waals surface area contributed by atoms with Gasteiger partial charge in [0.15, 0.2) is 0 Å². The molecule has 0 radical (unpaired) electrons. The molecule has 4 rings (SSSR count). The number of aliphatic hydroxyl groups excluding tert-OH is 1. The summed E-state index contributed by atoms with van der Waals surface area (Å²) in [6.07, 6.45) is 3.50. The number of amides is 1. The number of hydrogen-bond acceptors (Lipinski definition) is 5. The molecule has 1 fully saturated rings. The lowest BCUT2D eigenvalue weighted by Gasteiger charge is -2.23. The number of ketones is 1. The van der Waals surface area contributed by atoms with Gasteiger partial charge in [0.2, 0.25) is 0 Å². The van der Waals surface area contributed by atoms with E-state index in [1.807, 2.05) is 13.0 Å². The largest absolute Gasteiger partial charge is 0.507 e. The number of hydrogen-bond donors (Lipinski definition) is 1. The van der Waals surface area contributed by atoms with Gasteiger partial charge in [-0.25, -0.2) is 0 Å². The van der Waals surface area contributed by atoms with Crippen LogP contribution in [0.2, 0.25) is 0 Å². The van der Waals surface area contributed by atoms with Crippen LogP contribution in [0.15, 0.2) is 40.3 Å². The number of furan rings is 1. The minimum absolute atomic E-state index is 0.0831. The highest BCUT2D eigenvalue weighted by Gasteiger charge is 2.47. The van der Waals surface area contributed by atoms with E-state index in [-0.39, 0.29) is 11.3 Å². The lowest BCUT2D eigenvalue weighted by Crippen LogP contribution is -2.30. The second kappa shape index (κ2) is 7.78. The highest BCUT2D eigenvalue weighted by atomic mass is 16.5. The number of aliphatic hydroxyl groups is 1. The molecule has 2 aliphatic heterocycles. The van der Waals surface area contributed by atoms with Gasteiger partial charge in [0.1, 0.15) is 29.1 Å². The van der Waals surface area contributed by atoms with E-state index in [0.717, 1.165) is 37.0 Å². The topological polar surface area (TPSA) is 80.0 Å². The molecule has 0 saturated carbocycles. The van der Waals surface area contributed by atoms with Crippen LogP contribution in [0.3, 0.4) is 0 Å². The predicted octanol–water partition coefficient (Wildman–Crippen LogP) is 4.13. The Morgan fingerprint density at radius 2 is 2.03 bits per heavy atom. The molecule has 1 aromatic heterocycles. The van der Waals surface area contributed by atoms with E-state index in [1.165, 1.54) is 4.90 Å². The van der Waals surface area contributed by atoms with Crippen LogP contribution in [-0.4, -0.2) is 34.8 Å². The average Bonchev–Trinajstić information content (AvgIpc) is 3.41. The normalized spacial score (nSPS) is 20.2. The van der Waals surface area contributed by atoms with Gasteiger partial charge in [0, 0.05) is 18.5 Å². The van der Waals surface area contributed by atoms with Gasteiger partial charge in [0.25, 0.3) is 11.7 Å². The lowest BCUT2D eigenvalue weighted by atomic mass is 9.98. The van der Waals surface area contributed by atoms with Crippen molar-refractivity contribution >= 4 is 17.4 Å². The fraction of sp³-hybridized carbons (Fsp3) is 0.391. The minimum atomic E-state index is -0.718. The molecular weight excluding hydrogens is 370 g/mol. The first-order chi connectivity index (χ1) is 14.0. The summed E-state index contributed by atoms with van der Waals surface area (Å²) in [5.74, 6) is 0.536. The van der Waals surface area contributed by atoms with Gasteiger partial charge in [-0.2, -0.15) is 0 Å². The summed E-state index contributed by atoms with van der Waals surface area (Å²) in [5, 5.41) is 11.1. The molecule has 2 aromatic rings. The first kappa shape index (κ1) is 19.3. The van der Waals surface area contributed by atoms with Crippen LogP contribution in [0.4, 0.5) is 0 Å². The standard InChI is InChI=1S/C23H25NO5/c1-3-4-5-11-24-20(18-8-6-14(2)29-18)19(22(26)23(24)27)21(25)16-7-9-17-15(13-16)10-12-28-17/h6-9,13,20,25H,3-5,10-12H2,1-2H3/b21-19-. The maximum Gasteiger partial charge on any atom is 0.295 e. The molecule has 1 saturated heterocycles. The molecule has 1 amide bonds. The lowest BCUT2D eigenvalue weighted by molar-refractivity contribution is -0.140. The molecule has 6 nitrogen and oxygen atoms in total. The Labute approximate surface area is 169 Å². The fourth-order valence-electron chi connectivity index (χ4n) is 4.03. The van der Waals surface area contributed by atoms with Crippen LogP contribution in [0.5, 0.6) is 5.75 Å². The van der Waals surface area contributed by atoms with Gasteiger partial charge < -0.3 is 19.2 Å². The van der Waals surface area contributed by atoms with Crippen molar-refractivity contribution in [3.05, 3.63) is 58.6 Å². The second-order valence-electron chi connectivity index (χ2n) is 7.57. The molecule has 1 aromatic carbocycles. The number of unbranched alkanes of at least 4 members (excludes halogenated alkanes) is 2. The second-order valence-corrected chi connectivity index (χ2v) is 7.57. The Balaban J connectivity index is 1.79. The number of likely N-dealkylation sites (tertiary alicyclic amines) is 1. The van der Waals surface area contributed by atoms with Crippen molar-refractivity contribution in [3.63, 3.8) is 0 Å². The van der Waals surface area contributed by atoms with Crippen molar-refractivity contribution in [2.75, 3.05) is 13.2 Å². The number of carbonyl (C=O) groups is 2. The summed E-state index contributed by atoms with van der Waals surface area (Å²) < 4.78 is 11.3. The zero-order valence-corrected chi connectivity index (χ0v) is 16.7. The SMILES string of the molecule is CCCCCN1C(=O)C(=O)/C(=C(\O)c2ccc3c(c2)CCO3)C1c1ccc(C)o1. The summed E-state index contributed by atoms with van der Waals surface area (Å²) in [4.78, 5) is 27.2. The van der Waals surface area contributed by atoms with Crippen LogP contribution in [-0.2, 0) is 16.0 Å². The van der Waals surface area contributed by atoms with E-state index < -0.39 is 17.7 Å². The third-order valence-electron chi connectivity index (χ3n) is 5.54. The Bertz CT molecular complexity index is 987. The number of aryl methyl sites for hydroxylation is 1. The number of nitrogens with zero attached hydrogens (tertiary/aromatic N) is 1. The summed E-state index contributed by atoms with van der Waals surface area (Å²) in [5.41, 5.74) is 1.57. The molecule has 3 heterocycles. The molecular formula is C23H25NO5. The number of ether oxygens (including phenoxy) is 1. The summed E-state index contributed by atoms with van der Waals surface area (Å²) >= 11 is 0. The van der Waals surface area contributed by atoms with Crippen molar-refractivity contribution in [2.24, 2.45) is 0 Å². The Morgan fingerprint density at radius 3 is 2.76 bits per heavy atom. The molecule has 1 N–H and O–H groups in total. The van der Waals surface area contributed by atoms with Crippen molar-refractivity contribution in [1.29, 1.82) is 0 Å². The Kier molecular flexibility index (Phi) is 5.18. The summed E-state index contributed by atoms with van der Waals surface area (Å²) in [7, 11) is 0. The van der Waals surface area contributed by atoms with Crippen molar-refractivity contribution < 1.29 is 23.8 Å². The molecule has 2 aliphatic rings. The van der Waals surface area contributed by atoms with Gasteiger partial charge in [-0.1, -0.05) is 19.8 Å². The number of rotatable bonds is 6. The third-order valence-corrected chi connectivity index (χ3v) is 5.54. The number of carbonyl (C=O) groups excluding carboxylic acids is 2. The van der Waals surface area contributed by atoms with Gasteiger partial charge in [-0.3, -0.25) is 9.59 Å². The molecule has 29 heavy (non-hydrogen) atoms. The molecule has 1 atom stereocenters. The first-order valence-corrected chi connectivity index (χ1v) is 10.1. The molecule has 0 spiro atoms. The van der Waals surface area contributed by atoms with E-state index >= 15 is 0 Å². The summed E-state index contributed by atoms with van der Waals surface area (Å²) in [6, 6.07) is 8.18. The van der Waals surface area contributed by atoms with E-state index in [4.69, 9.17) is 9.15 Å². The van der Waals surface area contributed by atoms with Crippen molar-refractivity contribution in [3.8, 4) is 5.75 Å². The molecule has 6 heteroatoms. The van der Waals surface area contributed by atoms with Crippen molar-refractivity contribution in [1.82, 2.24) is 4.90 Å². The average molecular weight is 395 g/mol. The highest BCUT2D eigenvalue weighted by molar-refractivity contribution is 6.46. The van der Waals surface area contributed by atoms with E-state index in [2.05, 4.69) is 6.92 Å². The maximum atomic E-state index is 12.9. The zero-order chi connectivity index (χ0) is 20.5. The predicted molar refractivity (Wildman–Crippen MR) is 108 cm³/mol. The Hall–Kier alpha value is -3.02. The third kappa shape index (κ3) is 3.43. The Morgan fingerprint density at radius 1 is 1.21 bits per heavy atom. The maximum absolute atomic E-state index is 12.9. The van der Waals surface area contributed by atoms with Crippen LogP contribution in [0.25, 0.3) is 5.76 Å². The van der Waals surface area contributed by atoms with Gasteiger partial charge in [0.05, 0.1) is 12.2 Å². The van der Waals surface area contributed by atoms with Gasteiger partial charge in [-0.05, 0) is 49.2 Å². The van der Waals surface area contributed by atoms with Gasteiger partial charge in [-0.15, -0.1) is 0 Å². The smallest absolute Gasteiger partial charge is 0.295 e. The van der Waals surface area contributed by atoms with E-state index in [9.17, 15) is 14.7 Å². The van der Waals surface area contributed by atoms with Gasteiger partial charge >= 0.3 is 0 Å². The van der Waals surface area contributed by atoms with Crippen LogP contribution < -0.4 is 4.74 Å². The minimum Gasteiger partial charge on any atom is -0.507 e. The molecule has 1 unspecified atom stereocenters. The van der Waals surface area contributed by atoms with Crippen LogP contribution in [0, 0.1) is 6.92 Å². The van der Waals surface area contributed by atoms with E-state index in [1.54, 1.807) is 24.3 Å². The number of benzene rings is 1. The number of Topliss-reactive ketones (excluding diaryl/α,β-unsaturated/α-hetero) is 1. The van der Waals surface area contributed by atoms with Crippen molar-refractivity contribution in [2.45, 2.75) is 45.6 Å². The van der Waals surface area contributed by atoms with Crippen LogP contribution in [0.1, 0.15) is 54.9 Å². The summed E-state index contributed by atoms with van der Waals surface area (Å²) in [6.45, 7) is 4.94. The fourth-order valence-corrected chi connectivity index (χ4v) is 4.03. The first-order valence-electron chi connectivity index (χ1n) is 10.1. The van der Waals surface area contributed by atoms with E-state index in [0.29, 0.717) is 30.2 Å². The van der Waals surface area contributed by atoms with Crippen LogP contribution >= 0.6 is 0 Å². The quantitative estimate of drug-likeness (QED) is 0.344. The molecule has 152 valence electrons. The number of fused-ring (bicyclic) bond motifs is 1. The highest BCUT2D eigenvalue weighted by Crippen LogP contribution is 2.41. The molecule has 0 bridgehead atoms. The zero-order valence-electron chi connectivity index (χ0n) is 16.7. The molecule has 0 aliphatic carbocycles. The monoisotopic (exact) mass is 395 g/mol.